The first-order chi connectivity index (χ1) is 10.2. The summed E-state index contributed by atoms with van der Waals surface area (Å²) >= 11 is 0. The normalized spacial score (nSPS) is 30.3. The van der Waals surface area contributed by atoms with Gasteiger partial charge in [-0.3, -0.25) is 9.59 Å². The van der Waals surface area contributed by atoms with Gasteiger partial charge >= 0.3 is 0 Å². The molecule has 4 heteroatoms. The summed E-state index contributed by atoms with van der Waals surface area (Å²) in [5.74, 6) is 2.11. The molecule has 110 valence electrons. The summed E-state index contributed by atoms with van der Waals surface area (Å²) in [5, 5.41) is 2.79. The van der Waals surface area contributed by atoms with Crippen LogP contribution in [0.15, 0.2) is 18.2 Å². The highest BCUT2D eigenvalue weighted by Gasteiger charge is 2.43. The number of benzene rings is 1. The molecule has 2 aliphatic carbocycles. The van der Waals surface area contributed by atoms with E-state index < -0.39 is 0 Å². The molecule has 0 aromatic heterocycles. The standard InChI is InChI=1S/C17H19NO3/c19-16(13-8-10-1-2-11(13)7-10)12-3-4-15-14(9-12)17(20)18-5-6-21-15/h3-4,9-11,13H,1-2,5-8H2,(H,18,20). The third-order valence-electron chi connectivity index (χ3n) is 5.23. The third-order valence-corrected chi connectivity index (χ3v) is 5.23. The van der Waals surface area contributed by atoms with E-state index in [9.17, 15) is 9.59 Å². The number of carbonyl (C=O) groups excluding carboxylic acids is 2. The predicted molar refractivity (Wildman–Crippen MR) is 77.5 cm³/mol. The molecule has 4 nitrogen and oxygen atoms in total. The first kappa shape index (κ1) is 12.9. The summed E-state index contributed by atoms with van der Waals surface area (Å²) in [7, 11) is 0. The molecule has 1 aliphatic heterocycles. The Labute approximate surface area is 123 Å². The van der Waals surface area contributed by atoms with Gasteiger partial charge in [0, 0.05) is 11.5 Å². The second-order valence-electron chi connectivity index (χ2n) is 6.46. The van der Waals surface area contributed by atoms with Crippen LogP contribution < -0.4 is 10.1 Å². The monoisotopic (exact) mass is 285 g/mol. The number of hydrogen-bond acceptors (Lipinski definition) is 3. The molecule has 2 fully saturated rings. The number of fused-ring (bicyclic) bond motifs is 3. The zero-order valence-electron chi connectivity index (χ0n) is 11.9. The number of rotatable bonds is 2. The predicted octanol–water partition coefficient (Wildman–Crippen LogP) is 2.43. The quantitative estimate of drug-likeness (QED) is 0.849. The number of carbonyl (C=O) groups is 2. The number of amides is 1. The van der Waals surface area contributed by atoms with Crippen LogP contribution in [0.1, 0.15) is 46.4 Å². The van der Waals surface area contributed by atoms with Gasteiger partial charge in [-0.2, -0.15) is 0 Å². The molecule has 1 amide bonds. The van der Waals surface area contributed by atoms with E-state index in [-0.39, 0.29) is 17.6 Å². The summed E-state index contributed by atoms with van der Waals surface area (Å²) in [4.78, 5) is 24.8. The van der Waals surface area contributed by atoms with E-state index in [1.165, 1.54) is 19.3 Å². The van der Waals surface area contributed by atoms with Crippen LogP contribution in [0.2, 0.25) is 0 Å². The van der Waals surface area contributed by atoms with Gasteiger partial charge in [-0.25, -0.2) is 0 Å². The molecule has 3 atom stereocenters. The number of nitrogens with one attached hydrogen (secondary N) is 1. The molecule has 3 unspecified atom stereocenters. The van der Waals surface area contributed by atoms with Crippen molar-refractivity contribution in [1.82, 2.24) is 5.32 Å². The van der Waals surface area contributed by atoms with Crippen LogP contribution in [0.3, 0.4) is 0 Å². The minimum absolute atomic E-state index is 0.148. The maximum atomic E-state index is 12.7. The van der Waals surface area contributed by atoms with E-state index >= 15 is 0 Å². The second kappa shape index (κ2) is 4.86. The Morgan fingerprint density at radius 3 is 2.90 bits per heavy atom. The molecule has 1 heterocycles. The molecule has 4 rings (SSSR count). The highest BCUT2D eigenvalue weighted by molar-refractivity contribution is 6.03. The van der Waals surface area contributed by atoms with Crippen molar-refractivity contribution in [3.63, 3.8) is 0 Å². The molecule has 1 aromatic carbocycles. The maximum Gasteiger partial charge on any atom is 0.255 e. The molecule has 1 N–H and O–H groups in total. The van der Waals surface area contributed by atoms with E-state index in [0.717, 1.165) is 12.3 Å². The van der Waals surface area contributed by atoms with Crippen LogP contribution in [-0.2, 0) is 0 Å². The van der Waals surface area contributed by atoms with Crippen molar-refractivity contribution in [1.29, 1.82) is 0 Å². The fraction of sp³-hybridized carbons (Fsp3) is 0.529. The summed E-state index contributed by atoms with van der Waals surface area (Å²) < 4.78 is 5.53. The third kappa shape index (κ3) is 2.13. The Morgan fingerprint density at radius 1 is 1.24 bits per heavy atom. The zero-order valence-corrected chi connectivity index (χ0v) is 11.9. The smallest absolute Gasteiger partial charge is 0.255 e. The molecule has 3 aliphatic rings. The van der Waals surface area contributed by atoms with E-state index in [4.69, 9.17) is 4.74 Å². The van der Waals surface area contributed by atoms with Crippen LogP contribution in [0.25, 0.3) is 0 Å². The average molecular weight is 285 g/mol. The fourth-order valence-corrected chi connectivity index (χ4v) is 4.19. The van der Waals surface area contributed by atoms with Gasteiger partial charge in [-0.1, -0.05) is 6.42 Å². The molecular weight excluding hydrogens is 266 g/mol. The van der Waals surface area contributed by atoms with E-state index in [2.05, 4.69) is 5.32 Å². The molecule has 0 spiro atoms. The fourth-order valence-electron chi connectivity index (χ4n) is 4.19. The Morgan fingerprint density at radius 2 is 2.14 bits per heavy atom. The molecule has 0 saturated heterocycles. The Hall–Kier alpha value is -1.84. The van der Waals surface area contributed by atoms with E-state index in [1.54, 1.807) is 12.1 Å². The van der Waals surface area contributed by atoms with Crippen molar-refractivity contribution in [3.8, 4) is 5.75 Å². The summed E-state index contributed by atoms with van der Waals surface area (Å²) in [6, 6.07) is 5.29. The van der Waals surface area contributed by atoms with Crippen molar-refractivity contribution in [2.24, 2.45) is 17.8 Å². The Kier molecular flexibility index (Phi) is 2.98. The van der Waals surface area contributed by atoms with Gasteiger partial charge in [0.15, 0.2) is 5.78 Å². The molecule has 1 aromatic rings. The van der Waals surface area contributed by atoms with Gasteiger partial charge in [0.1, 0.15) is 12.4 Å². The van der Waals surface area contributed by atoms with Crippen LogP contribution in [0.5, 0.6) is 5.75 Å². The Balaban J connectivity index is 1.63. The van der Waals surface area contributed by atoms with Gasteiger partial charge in [0.25, 0.3) is 5.91 Å². The maximum absolute atomic E-state index is 12.7. The number of ketones is 1. The van der Waals surface area contributed by atoms with Crippen LogP contribution in [0, 0.1) is 17.8 Å². The molecular formula is C17H19NO3. The van der Waals surface area contributed by atoms with Gasteiger partial charge in [0.2, 0.25) is 0 Å². The lowest BCUT2D eigenvalue weighted by Crippen LogP contribution is -2.25. The van der Waals surface area contributed by atoms with Crippen LogP contribution in [-0.4, -0.2) is 24.8 Å². The second-order valence-corrected chi connectivity index (χ2v) is 6.46. The van der Waals surface area contributed by atoms with E-state index in [1.807, 2.05) is 6.07 Å². The lowest BCUT2D eigenvalue weighted by molar-refractivity contribution is 0.0874. The highest BCUT2D eigenvalue weighted by Crippen LogP contribution is 2.49. The molecule has 0 radical (unpaired) electrons. The van der Waals surface area contributed by atoms with Crippen molar-refractivity contribution in [2.45, 2.75) is 25.7 Å². The SMILES string of the molecule is O=C1NCCOc2ccc(C(=O)C3CC4CCC3C4)cc21. The van der Waals surface area contributed by atoms with Gasteiger partial charge < -0.3 is 10.1 Å². The van der Waals surface area contributed by atoms with E-state index in [0.29, 0.717) is 35.9 Å². The number of hydrogen-bond donors (Lipinski definition) is 1. The van der Waals surface area contributed by atoms with Crippen molar-refractivity contribution < 1.29 is 14.3 Å². The topological polar surface area (TPSA) is 55.4 Å². The highest BCUT2D eigenvalue weighted by atomic mass is 16.5. The summed E-state index contributed by atoms with van der Waals surface area (Å²) in [5.41, 5.74) is 1.15. The van der Waals surface area contributed by atoms with Gasteiger partial charge in [-0.05, 0) is 49.3 Å². The zero-order chi connectivity index (χ0) is 14.4. The summed E-state index contributed by atoms with van der Waals surface area (Å²) in [6.45, 7) is 0.974. The lowest BCUT2D eigenvalue weighted by Gasteiger charge is -2.20. The molecule has 2 bridgehead atoms. The van der Waals surface area contributed by atoms with Gasteiger partial charge in [-0.15, -0.1) is 0 Å². The minimum atomic E-state index is -0.148. The van der Waals surface area contributed by atoms with Crippen molar-refractivity contribution in [3.05, 3.63) is 29.3 Å². The molecule has 2 saturated carbocycles. The first-order valence-electron chi connectivity index (χ1n) is 7.81. The van der Waals surface area contributed by atoms with Crippen molar-refractivity contribution in [2.75, 3.05) is 13.2 Å². The van der Waals surface area contributed by atoms with Crippen molar-refractivity contribution >= 4 is 11.7 Å². The average Bonchev–Trinajstić information content (AvgIpc) is 3.09. The van der Waals surface area contributed by atoms with Gasteiger partial charge in [0.05, 0.1) is 12.1 Å². The largest absolute Gasteiger partial charge is 0.491 e. The number of Topliss-reactive ketones (excluding diaryl/α,β-unsaturated/α-hetero) is 1. The number of ether oxygens (including phenoxy) is 1. The minimum Gasteiger partial charge on any atom is -0.491 e. The lowest BCUT2D eigenvalue weighted by atomic mass is 9.83. The summed E-state index contributed by atoms with van der Waals surface area (Å²) in [6.07, 6.45) is 4.72. The van der Waals surface area contributed by atoms with Crippen LogP contribution in [0.4, 0.5) is 0 Å². The van der Waals surface area contributed by atoms with Crippen LogP contribution >= 0.6 is 0 Å². The first-order valence-corrected chi connectivity index (χ1v) is 7.81. The Bertz CT molecular complexity index is 610. The molecule has 21 heavy (non-hydrogen) atoms.